The monoisotopic (exact) mass is 303 g/mol. The standard InChI is InChI=1S/C18H22FNO2/c1-13(2)20-11-14-8-6-10-17(21-3)18(14)22-12-15-7-4-5-9-16(15)19/h4-10,13,20H,11-12H2,1-3H3. The summed E-state index contributed by atoms with van der Waals surface area (Å²) >= 11 is 0. The molecule has 22 heavy (non-hydrogen) atoms. The minimum atomic E-state index is -0.265. The van der Waals surface area contributed by atoms with Crippen molar-refractivity contribution < 1.29 is 13.9 Å². The molecule has 0 bridgehead atoms. The molecule has 0 heterocycles. The Bertz CT molecular complexity index is 614. The normalized spacial score (nSPS) is 10.8. The fourth-order valence-corrected chi connectivity index (χ4v) is 2.10. The second-order valence-corrected chi connectivity index (χ2v) is 5.36. The fraction of sp³-hybridized carbons (Fsp3) is 0.333. The SMILES string of the molecule is COc1cccc(CNC(C)C)c1OCc1ccccc1F. The number of benzene rings is 2. The van der Waals surface area contributed by atoms with Gasteiger partial charge in [-0.25, -0.2) is 4.39 Å². The molecule has 2 rings (SSSR count). The number of hydrogen-bond acceptors (Lipinski definition) is 3. The number of para-hydroxylation sites is 1. The molecule has 0 saturated carbocycles. The van der Waals surface area contributed by atoms with Crippen LogP contribution in [-0.2, 0) is 13.2 Å². The highest BCUT2D eigenvalue weighted by Gasteiger charge is 2.12. The molecule has 0 fully saturated rings. The summed E-state index contributed by atoms with van der Waals surface area (Å²) in [5, 5.41) is 3.35. The Hall–Kier alpha value is -2.07. The van der Waals surface area contributed by atoms with Gasteiger partial charge in [0.1, 0.15) is 12.4 Å². The molecule has 118 valence electrons. The maximum Gasteiger partial charge on any atom is 0.166 e. The summed E-state index contributed by atoms with van der Waals surface area (Å²) < 4.78 is 24.9. The third-order valence-electron chi connectivity index (χ3n) is 3.31. The van der Waals surface area contributed by atoms with E-state index in [2.05, 4.69) is 19.2 Å². The molecule has 4 heteroatoms. The molecule has 0 radical (unpaired) electrons. The van der Waals surface area contributed by atoms with E-state index >= 15 is 0 Å². The van der Waals surface area contributed by atoms with Gasteiger partial charge in [0.15, 0.2) is 11.5 Å². The van der Waals surface area contributed by atoms with Crippen molar-refractivity contribution in [3.05, 3.63) is 59.4 Å². The van der Waals surface area contributed by atoms with E-state index in [-0.39, 0.29) is 12.4 Å². The second-order valence-electron chi connectivity index (χ2n) is 5.36. The Labute approximate surface area is 131 Å². The van der Waals surface area contributed by atoms with Gasteiger partial charge in [0, 0.05) is 23.7 Å². The van der Waals surface area contributed by atoms with Crippen molar-refractivity contribution in [1.29, 1.82) is 0 Å². The van der Waals surface area contributed by atoms with Crippen LogP contribution in [0.1, 0.15) is 25.0 Å². The number of ether oxygens (including phenoxy) is 2. The maximum atomic E-state index is 13.7. The zero-order chi connectivity index (χ0) is 15.9. The number of methoxy groups -OCH3 is 1. The van der Waals surface area contributed by atoms with Crippen molar-refractivity contribution in [2.24, 2.45) is 0 Å². The van der Waals surface area contributed by atoms with Gasteiger partial charge < -0.3 is 14.8 Å². The van der Waals surface area contributed by atoms with E-state index in [1.807, 2.05) is 18.2 Å². The Morgan fingerprint density at radius 3 is 2.45 bits per heavy atom. The molecular formula is C18H22FNO2. The van der Waals surface area contributed by atoms with Crippen molar-refractivity contribution in [2.75, 3.05) is 7.11 Å². The Morgan fingerprint density at radius 1 is 1.05 bits per heavy atom. The van der Waals surface area contributed by atoms with E-state index in [0.29, 0.717) is 29.6 Å². The molecule has 2 aromatic carbocycles. The lowest BCUT2D eigenvalue weighted by Crippen LogP contribution is -2.22. The lowest BCUT2D eigenvalue weighted by Gasteiger charge is -2.16. The van der Waals surface area contributed by atoms with Crippen LogP contribution in [0.3, 0.4) is 0 Å². The first-order valence-corrected chi connectivity index (χ1v) is 7.37. The van der Waals surface area contributed by atoms with Crippen LogP contribution < -0.4 is 14.8 Å². The summed E-state index contributed by atoms with van der Waals surface area (Å²) in [5.74, 6) is 1.04. The third-order valence-corrected chi connectivity index (χ3v) is 3.31. The van der Waals surface area contributed by atoms with E-state index in [4.69, 9.17) is 9.47 Å². The van der Waals surface area contributed by atoms with Crippen molar-refractivity contribution in [3.63, 3.8) is 0 Å². The zero-order valence-corrected chi connectivity index (χ0v) is 13.2. The van der Waals surface area contributed by atoms with Crippen LogP contribution in [0.4, 0.5) is 4.39 Å². The average molecular weight is 303 g/mol. The summed E-state index contributed by atoms with van der Waals surface area (Å²) in [4.78, 5) is 0. The lowest BCUT2D eigenvalue weighted by atomic mass is 10.1. The van der Waals surface area contributed by atoms with Gasteiger partial charge in [-0.2, -0.15) is 0 Å². The van der Waals surface area contributed by atoms with Gasteiger partial charge in [-0.3, -0.25) is 0 Å². The average Bonchev–Trinajstić information content (AvgIpc) is 2.52. The Kier molecular flexibility index (Phi) is 5.78. The topological polar surface area (TPSA) is 30.5 Å². The number of hydrogen-bond donors (Lipinski definition) is 1. The maximum absolute atomic E-state index is 13.7. The van der Waals surface area contributed by atoms with Gasteiger partial charge in [-0.05, 0) is 12.1 Å². The molecule has 0 aliphatic rings. The summed E-state index contributed by atoms with van der Waals surface area (Å²) in [6.07, 6.45) is 0. The van der Waals surface area contributed by atoms with Crippen LogP contribution >= 0.6 is 0 Å². The molecule has 0 saturated heterocycles. The predicted octanol–water partition coefficient (Wildman–Crippen LogP) is 3.91. The largest absolute Gasteiger partial charge is 0.493 e. The van der Waals surface area contributed by atoms with Crippen molar-refractivity contribution >= 4 is 0 Å². The Morgan fingerprint density at radius 2 is 1.77 bits per heavy atom. The molecule has 0 unspecified atom stereocenters. The van der Waals surface area contributed by atoms with Gasteiger partial charge >= 0.3 is 0 Å². The molecule has 2 aromatic rings. The van der Waals surface area contributed by atoms with E-state index in [1.165, 1.54) is 6.07 Å². The molecule has 0 aliphatic heterocycles. The van der Waals surface area contributed by atoms with Gasteiger partial charge in [-0.15, -0.1) is 0 Å². The highest BCUT2D eigenvalue weighted by molar-refractivity contribution is 5.46. The van der Waals surface area contributed by atoms with Crippen molar-refractivity contribution in [1.82, 2.24) is 5.32 Å². The highest BCUT2D eigenvalue weighted by Crippen LogP contribution is 2.32. The molecular weight excluding hydrogens is 281 g/mol. The van der Waals surface area contributed by atoms with Crippen LogP contribution in [0.2, 0.25) is 0 Å². The minimum absolute atomic E-state index is 0.168. The Balaban J connectivity index is 2.18. The van der Waals surface area contributed by atoms with Gasteiger partial charge in [0.25, 0.3) is 0 Å². The summed E-state index contributed by atoms with van der Waals surface area (Å²) in [5.41, 5.74) is 1.51. The summed E-state index contributed by atoms with van der Waals surface area (Å²) in [7, 11) is 1.60. The van der Waals surface area contributed by atoms with Crippen LogP contribution in [0.5, 0.6) is 11.5 Å². The van der Waals surface area contributed by atoms with Gasteiger partial charge in [-0.1, -0.05) is 44.2 Å². The van der Waals surface area contributed by atoms with Gasteiger partial charge in [0.2, 0.25) is 0 Å². The number of halogens is 1. The molecule has 0 aliphatic carbocycles. The van der Waals surface area contributed by atoms with Crippen LogP contribution in [0.25, 0.3) is 0 Å². The second kappa shape index (κ2) is 7.80. The molecule has 0 amide bonds. The van der Waals surface area contributed by atoms with Crippen LogP contribution in [0.15, 0.2) is 42.5 Å². The number of rotatable bonds is 7. The van der Waals surface area contributed by atoms with E-state index < -0.39 is 0 Å². The minimum Gasteiger partial charge on any atom is -0.493 e. The first kappa shape index (κ1) is 16.3. The predicted molar refractivity (Wildman–Crippen MR) is 85.7 cm³/mol. The summed E-state index contributed by atoms with van der Waals surface area (Å²) in [6, 6.07) is 12.7. The molecule has 0 atom stereocenters. The third kappa shape index (κ3) is 4.21. The highest BCUT2D eigenvalue weighted by atomic mass is 19.1. The smallest absolute Gasteiger partial charge is 0.166 e. The van der Waals surface area contributed by atoms with Crippen molar-refractivity contribution in [2.45, 2.75) is 33.0 Å². The summed E-state index contributed by atoms with van der Waals surface area (Å²) in [6.45, 7) is 5.00. The fourth-order valence-electron chi connectivity index (χ4n) is 2.10. The van der Waals surface area contributed by atoms with E-state index in [0.717, 1.165) is 5.56 Å². The number of nitrogens with one attached hydrogen (secondary N) is 1. The lowest BCUT2D eigenvalue weighted by molar-refractivity contribution is 0.275. The van der Waals surface area contributed by atoms with Crippen molar-refractivity contribution in [3.8, 4) is 11.5 Å². The van der Waals surface area contributed by atoms with Gasteiger partial charge in [0.05, 0.1) is 7.11 Å². The first-order chi connectivity index (χ1) is 10.6. The quantitative estimate of drug-likeness (QED) is 0.841. The molecule has 1 N–H and O–H groups in total. The van der Waals surface area contributed by atoms with E-state index in [1.54, 1.807) is 25.3 Å². The molecule has 0 aromatic heterocycles. The van der Waals surface area contributed by atoms with E-state index in [9.17, 15) is 4.39 Å². The van der Waals surface area contributed by atoms with Crippen LogP contribution in [0, 0.1) is 5.82 Å². The first-order valence-electron chi connectivity index (χ1n) is 7.37. The van der Waals surface area contributed by atoms with Crippen LogP contribution in [-0.4, -0.2) is 13.2 Å². The molecule has 3 nitrogen and oxygen atoms in total. The molecule has 0 spiro atoms. The zero-order valence-electron chi connectivity index (χ0n) is 13.2.